The maximum Gasteiger partial charge on any atom is 0.223 e. The van der Waals surface area contributed by atoms with Crippen molar-refractivity contribution in [2.24, 2.45) is 0 Å². The molecule has 0 aromatic carbocycles. The van der Waals surface area contributed by atoms with E-state index in [4.69, 9.17) is 0 Å². The second-order valence-corrected chi connectivity index (χ2v) is 4.95. The molecule has 0 spiro atoms. The van der Waals surface area contributed by atoms with E-state index in [2.05, 4.69) is 10.2 Å². The largest absolute Gasteiger partial charge is 0.341 e. The number of hydrogen-bond acceptors (Lipinski definition) is 3. The minimum Gasteiger partial charge on any atom is -0.341 e. The second-order valence-electron chi connectivity index (χ2n) is 4.95. The van der Waals surface area contributed by atoms with E-state index < -0.39 is 0 Å². The van der Waals surface area contributed by atoms with Gasteiger partial charge in [-0.2, -0.15) is 0 Å². The first-order chi connectivity index (χ1) is 7.77. The highest BCUT2D eigenvalue weighted by molar-refractivity contribution is 5.76. The Morgan fingerprint density at radius 2 is 2.19 bits per heavy atom. The van der Waals surface area contributed by atoms with Crippen molar-refractivity contribution in [1.29, 1.82) is 0 Å². The van der Waals surface area contributed by atoms with Crippen molar-refractivity contribution in [2.45, 2.75) is 31.7 Å². The van der Waals surface area contributed by atoms with Crippen LogP contribution in [0.4, 0.5) is 0 Å². The molecule has 2 saturated heterocycles. The second kappa shape index (κ2) is 5.64. The molecule has 2 aliphatic heterocycles. The summed E-state index contributed by atoms with van der Waals surface area (Å²) in [6.45, 7) is 5.33. The molecule has 0 aromatic rings. The summed E-state index contributed by atoms with van der Waals surface area (Å²) < 4.78 is 0. The molecule has 0 aliphatic carbocycles. The van der Waals surface area contributed by atoms with Crippen molar-refractivity contribution in [2.75, 3.05) is 39.8 Å². The third-order valence-electron chi connectivity index (χ3n) is 3.82. The van der Waals surface area contributed by atoms with Crippen molar-refractivity contribution in [3.8, 4) is 0 Å². The maximum absolute atomic E-state index is 12.0. The lowest BCUT2D eigenvalue weighted by molar-refractivity contribution is -0.131. The Bertz CT molecular complexity index is 232. The first-order valence-corrected chi connectivity index (χ1v) is 6.46. The van der Waals surface area contributed by atoms with Crippen LogP contribution in [0.15, 0.2) is 0 Å². The zero-order chi connectivity index (χ0) is 11.4. The minimum absolute atomic E-state index is 0.306. The summed E-state index contributed by atoms with van der Waals surface area (Å²) in [4.78, 5) is 16.3. The number of carbonyl (C=O) groups excluding carboxylic acids is 1. The van der Waals surface area contributed by atoms with Crippen molar-refractivity contribution in [1.82, 2.24) is 15.1 Å². The monoisotopic (exact) mass is 225 g/mol. The highest BCUT2D eigenvalue weighted by atomic mass is 16.2. The molecule has 1 unspecified atom stereocenters. The van der Waals surface area contributed by atoms with E-state index in [-0.39, 0.29) is 0 Å². The average Bonchev–Trinajstić information content (AvgIpc) is 2.96. The summed E-state index contributed by atoms with van der Waals surface area (Å²) in [5.74, 6) is 0.306. The molecular formula is C12H23N3O. The van der Waals surface area contributed by atoms with Crippen molar-refractivity contribution >= 4 is 5.91 Å². The predicted molar refractivity (Wildman–Crippen MR) is 64.3 cm³/mol. The standard InChI is InChI=1S/C12H23N3O/c1-14(11-4-6-13-10-11)12(16)5-9-15-7-2-3-8-15/h11,13H,2-10H2,1H3. The molecule has 0 bridgehead atoms. The van der Waals surface area contributed by atoms with E-state index in [1.807, 2.05) is 11.9 Å². The molecule has 4 heteroatoms. The molecule has 0 saturated carbocycles. The molecule has 2 fully saturated rings. The topological polar surface area (TPSA) is 35.6 Å². The zero-order valence-electron chi connectivity index (χ0n) is 10.2. The Kier molecular flexibility index (Phi) is 4.18. The Labute approximate surface area is 98.0 Å². The van der Waals surface area contributed by atoms with Gasteiger partial charge in [-0.3, -0.25) is 4.79 Å². The summed E-state index contributed by atoms with van der Waals surface area (Å²) >= 11 is 0. The third-order valence-corrected chi connectivity index (χ3v) is 3.82. The molecule has 2 heterocycles. The number of likely N-dealkylation sites (tertiary alicyclic amines) is 1. The van der Waals surface area contributed by atoms with Crippen LogP contribution in [0.5, 0.6) is 0 Å². The number of carbonyl (C=O) groups is 1. The summed E-state index contributed by atoms with van der Waals surface area (Å²) in [6.07, 6.45) is 4.39. The van der Waals surface area contributed by atoms with Crippen molar-refractivity contribution < 1.29 is 4.79 Å². The van der Waals surface area contributed by atoms with Crippen molar-refractivity contribution in [3.63, 3.8) is 0 Å². The number of amides is 1. The Morgan fingerprint density at radius 3 is 2.81 bits per heavy atom. The van der Waals surface area contributed by atoms with Crippen LogP contribution in [0.2, 0.25) is 0 Å². The molecule has 0 aromatic heterocycles. The minimum atomic E-state index is 0.306. The van der Waals surface area contributed by atoms with E-state index in [0.717, 1.165) is 26.1 Å². The van der Waals surface area contributed by atoms with Gasteiger partial charge in [0.1, 0.15) is 0 Å². The fourth-order valence-electron chi connectivity index (χ4n) is 2.61. The lowest BCUT2D eigenvalue weighted by Gasteiger charge is -2.25. The number of likely N-dealkylation sites (N-methyl/N-ethyl adjacent to an activating group) is 1. The van der Waals surface area contributed by atoms with Crippen LogP contribution in [0, 0.1) is 0 Å². The fraction of sp³-hybridized carbons (Fsp3) is 0.917. The summed E-state index contributed by atoms with van der Waals surface area (Å²) in [7, 11) is 1.95. The first kappa shape index (κ1) is 11.9. The lowest BCUT2D eigenvalue weighted by atomic mass is 10.2. The van der Waals surface area contributed by atoms with Gasteiger partial charge in [0.05, 0.1) is 0 Å². The summed E-state index contributed by atoms with van der Waals surface area (Å²) in [5.41, 5.74) is 0. The van der Waals surface area contributed by atoms with Gasteiger partial charge in [-0.15, -0.1) is 0 Å². The smallest absolute Gasteiger partial charge is 0.223 e. The van der Waals surface area contributed by atoms with Crippen LogP contribution in [-0.2, 0) is 4.79 Å². The Morgan fingerprint density at radius 1 is 1.44 bits per heavy atom. The molecule has 2 aliphatic rings. The van der Waals surface area contributed by atoms with Gasteiger partial charge in [-0.25, -0.2) is 0 Å². The van der Waals surface area contributed by atoms with Gasteiger partial charge in [0, 0.05) is 32.6 Å². The highest BCUT2D eigenvalue weighted by Gasteiger charge is 2.23. The van der Waals surface area contributed by atoms with Crippen LogP contribution in [0.25, 0.3) is 0 Å². The molecule has 92 valence electrons. The van der Waals surface area contributed by atoms with Crippen LogP contribution in [-0.4, -0.2) is 61.5 Å². The SMILES string of the molecule is CN(C(=O)CCN1CCCC1)C1CCNC1. The van der Waals surface area contributed by atoms with Crippen LogP contribution in [0.3, 0.4) is 0 Å². The first-order valence-electron chi connectivity index (χ1n) is 6.46. The molecular weight excluding hydrogens is 202 g/mol. The van der Waals surface area contributed by atoms with E-state index in [0.29, 0.717) is 18.4 Å². The number of rotatable bonds is 4. The van der Waals surface area contributed by atoms with Crippen LogP contribution >= 0.6 is 0 Å². The van der Waals surface area contributed by atoms with Crippen LogP contribution in [0.1, 0.15) is 25.7 Å². The Balaban J connectivity index is 1.69. The summed E-state index contributed by atoms with van der Waals surface area (Å²) in [5, 5.41) is 3.30. The van der Waals surface area contributed by atoms with Gasteiger partial charge in [0.15, 0.2) is 0 Å². The molecule has 0 radical (unpaired) electrons. The van der Waals surface area contributed by atoms with Gasteiger partial charge in [0.2, 0.25) is 5.91 Å². The molecule has 16 heavy (non-hydrogen) atoms. The number of hydrogen-bond donors (Lipinski definition) is 1. The fourth-order valence-corrected chi connectivity index (χ4v) is 2.61. The molecule has 4 nitrogen and oxygen atoms in total. The zero-order valence-corrected chi connectivity index (χ0v) is 10.2. The van der Waals surface area contributed by atoms with E-state index in [9.17, 15) is 4.79 Å². The van der Waals surface area contributed by atoms with Gasteiger partial charge >= 0.3 is 0 Å². The van der Waals surface area contributed by atoms with E-state index in [1.54, 1.807) is 0 Å². The average molecular weight is 225 g/mol. The number of nitrogens with one attached hydrogen (secondary N) is 1. The van der Waals surface area contributed by atoms with Crippen LogP contribution < -0.4 is 5.32 Å². The number of nitrogens with zero attached hydrogens (tertiary/aromatic N) is 2. The highest BCUT2D eigenvalue weighted by Crippen LogP contribution is 2.10. The van der Waals surface area contributed by atoms with Gasteiger partial charge in [0.25, 0.3) is 0 Å². The lowest BCUT2D eigenvalue weighted by Crippen LogP contribution is -2.39. The van der Waals surface area contributed by atoms with E-state index >= 15 is 0 Å². The molecule has 1 amide bonds. The Hall–Kier alpha value is -0.610. The molecule has 2 rings (SSSR count). The molecule has 1 N–H and O–H groups in total. The summed E-state index contributed by atoms with van der Waals surface area (Å²) in [6, 6.07) is 0.422. The van der Waals surface area contributed by atoms with Gasteiger partial charge in [-0.05, 0) is 38.9 Å². The van der Waals surface area contributed by atoms with Crippen molar-refractivity contribution in [3.05, 3.63) is 0 Å². The normalized spacial score (nSPS) is 26.2. The van der Waals surface area contributed by atoms with Gasteiger partial charge in [-0.1, -0.05) is 0 Å². The quantitative estimate of drug-likeness (QED) is 0.747. The van der Waals surface area contributed by atoms with E-state index in [1.165, 1.54) is 25.9 Å². The molecule has 1 atom stereocenters. The predicted octanol–water partition coefficient (Wildman–Crippen LogP) is 0.293. The third kappa shape index (κ3) is 2.95. The maximum atomic E-state index is 12.0. The van der Waals surface area contributed by atoms with Gasteiger partial charge < -0.3 is 15.1 Å².